The van der Waals surface area contributed by atoms with Crippen LogP contribution in [0.1, 0.15) is 30.1 Å². The third-order valence-corrected chi connectivity index (χ3v) is 4.49. The van der Waals surface area contributed by atoms with Crippen LogP contribution in [0, 0.1) is 0 Å². The Hall–Kier alpha value is -2.82. The van der Waals surface area contributed by atoms with Crippen molar-refractivity contribution >= 4 is 16.7 Å². The minimum atomic E-state index is 0.511. The average Bonchev–Trinajstić information content (AvgIpc) is 3.50. The molecule has 25 heavy (non-hydrogen) atoms. The maximum atomic E-state index is 5.52. The van der Waals surface area contributed by atoms with Crippen LogP contribution in [0.2, 0.25) is 0 Å². The van der Waals surface area contributed by atoms with Crippen LogP contribution in [-0.4, -0.2) is 24.2 Å². The van der Waals surface area contributed by atoms with Gasteiger partial charge in [0.25, 0.3) is 0 Å². The fraction of sp³-hybridized carbons (Fsp3) is 0.300. The molecule has 5 heteroatoms. The van der Waals surface area contributed by atoms with Gasteiger partial charge in [-0.3, -0.25) is 0 Å². The van der Waals surface area contributed by atoms with Gasteiger partial charge in [0.05, 0.1) is 19.7 Å². The third kappa shape index (κ3) is 3.09. The Morgan fingerprint density at radius 2 is 1.84 bits per heavy atom. The van der Waals surface area contributed by atoms with E-state index in [0.717, 1.165) is 39.6 Å². The van der Waals surface area contributed by atoms with Gasteiger partial charge in [-0.15, -0.1) is 0 Å². The Kier molecular flexibility index (Phi) is 4.14. The van der Waals surface area contributed by atoms with Crippen molar-refractivity contribution in [3.05, 3.63) is 53.9 Å². The highest BCUT2D eigenvalue weighted by Gasteiger charge is 2.27. The predicted molar refractivity (Wildman–Crippen MR) is 98.4 cm³/mol. The van der Waals surface area contributed by atoms with Crippen LogP contribution < -0.4 is 14.8 Å². The summed E-state index contributed by atoms with van der Waals surface area (Å²) < 4.78 is 10.9. The highest BCUT2D eigenvalue weighted by atomic mass is 16.5. The summed E-state index contributed by atoms with van der Waals surface area (Å²) in [6, 6.07) is 14.0. The van der Waals surface area contributed by atoms with Crippen molar-refractivity contribution in [2.45, 2.75) is 25.3 Å². The molecule has 1 saturated carbocycles. The summed E-state index contributed by atoms with van der Waals surface area (Å²) in [6.07, 6.45) is 2.36. The van der Waals surface area contributed by atoms with Crippen LogP contribution in [0.15, 0.2) is 42.5 Å². The largest absolute Gasteiger partial charge is 0.493 e. The fourth-order valence-corrected chi connectivity index (χ4v) is 3.03. The molecule has 1 heterocycles. The molecule has 1 aliphatic carbocycles. The topological polar surface area (TPSA) is 56.3 Å². The van der Waals surface area contributed by atoms with Crippen LogP contribution in [0.5, 0.6) is 11.5 Å². The maximum absolute atomic E-state index is 5.52. The molecule has 0 aliphatic heterocycles. The highest BCUT2D eigenvalue weighted by molar-refractivity contribution is 5.89. The fourth-order valence-electron chi connectivity index (χ4n) is 3.03. The van der Waals surface area contributed by atoms with E-state index in [2.05, 4.69) is 11.4 Å². The lowest BCUT2D eigenvalue weighted by molar-refractivity contribution is 0.352. The first-order chi connectivity index (χ1) is 12.3. The minimum Gasteiger partial charge on any atom is -0.493 e. The number of anilines is 1. The van der Waals surface area contributed by atoms with E-state index in [0.29, 0.717) is 12.5 Å². The van der Waals surface area contributed by atoms with Crippen LogP contribution in [0.25, 0.3) is 10.9 Å². The molecule has 1 aromatic heterocycles. The van der Waals surface area contributed by atoms with Crippen LogP contribution in [-0.2, 0) is 6.54 Å². The Balaban J connectivity index is 1.67. The molecule has 128 valence electrons. The molecule has 1 N–H and O–H groups in total. The van der Waals surface area contributed by atoms with Gasteiger partial charge in [-0.05, 0) is 31.0 Å². The van der Waals surface area contributed by atoms with Gasteiger partial charge < -0.3 is 14.8 Å². The summed E-state index contributed by atoms with van der Waals surface area (Å²) in [4.78, 5) is 9.50. The molecule has 4 rings (SSSR count). The van der Waals surface area contributed by atoms with Crippen molar-refractivity contribution < 1.29 is 9.47 Å². The van der Waals surface area contributed by atoms with Gasteiger partial charge in [-0.2, -0.15) is 0 Å². The van der Waals surface area contributed by atoms with Gasteiger partial charge >= 0.3 is 0 Å². The summed E-state index contributed by atoms with van der Waals surface area (Å²) in [5, 5.41) is 4.50. The molecule has 2 aromatic carbocycles. The molecule has 1 aliphatic rings. The number of hydrogen-bond donors (Lipinski definition) is 1. The zero-order chi connectivity index (χ0) is 17.2. The first-order valence-corrected chi connectivity index (χ1v) is 8.50. The summed E-state index contributed by atoms with van der Waals surface area (Å²) in [7, 11) is 3.31. The number of nitrogens with one attached hydrogen (secondary N) is 1. The summed E-state index contributed by atoms with van der Waals surface area (Å²) in [5.41, 5.74) is 2.01. The van der Waals surface area contributed by atoms with Gasteiger partial charge in [0.15, 0.2) is 11.5 Å². The number of ether oxygens (including phenoxy) is 2. The second kappa shape index (κ2) is 6.59. The number of para-hydroxylation sites is 2. The van der Waals surface area contributed by atoms with Gasteiger partial charge in [-0.1, -0.05) is 24.3 Å². The number of hydrogen-bond acceptors (Lipinski definition) is 5. The van der Waals surface area contributed by atoms with E-state index < -0.39 is 0 Å². The lowest BCUT2D eigenvalue weighted by Gasteiger charge is -2.14. The molecule has 0 bridgehead atoms. The lowest BCUT2D eigenvalue weighted by Crippen LogP contribution is -2.07. The average molecular weight is 335 g/mol. The van der Waals surface area contributed by atoms with Crippen molar-refractivity contribution in [1.29, 1.82) is 0 Å². The molecular weight excluding hydrogens is 314 g/mol. The van der Waals surface area contributed by atoms with E-state index in [4.69, 9.17) is 19.4 Å². The van der Waals surface area contributed by atoms with E-state index >= 15 is 0 Å². The Bertz CT molecular complexity index is 907. The smallest absolute Gasteiger partial charge is 0.165 e. The Labute approximate surface area is 147 Å². The maximum Gasteiger partial charge on any atom is 0.165 e. The van der Waals surface area contributed by atoms with Gasteiger partial charge in [0.1, 0.15) is 11.6 Å². The van der Waals surface area contributed by atoms with E-state index in [1.54, 1.807) is 14.2 Å². The summed E-state index contributed by atoms with van der Waals surface area (Å²) in [5.74, 6) is 3.80. The first-order valence-electron chi connectivity index (χ1n) is 8.50. The molecule has 3 aromatic rings. The second-order valence-corrected chi connectivity index (χ2v) is 6.23. The molecule has 5 nitrogen and oxygen atoms in total. The zero-order valence-electron chi connectivity index (χ0n) is 14.5. The standard InChI is InChI=1S/C20H21N3O2/c1-24-17-9-5-6-14(18(17)25-2)12-21-20-15-7-3-4-8-16(15)22-19(23-20)13-10-11-13/h3-9,13H,10-12H2,1-2H3,(H,21,22,23). The third-order valence-electron chi connectivity index (χ3n) is 4.49. The first kappa shape index (κ1) is 15.7. The molecule has 0 saturated heterocycles. The molecule has 0 unspecified atom stereocenters. The van der Waals surface area contributed by atoms with E-state index in [1.807, 2.05) is 36.4 Å². The number of aromatic nitrogens is 2. The van der Waals surface area contributed by atoms with Crippen LogP contribution >= 0.6 is 0 Å². The normalized spacial score (nSPS) is 13.7. The van der Waals surface area contributed by atoms with E-state index in [-0.39, 0.29) is 0 Å². The molecule has 0 atom stereocenters. The van der Waals surface area contributed by atoms with Gasteiger partial charge in [0, 0.05) is 23.4 Å². The monoisotopic (exact) mass is 335 g/mol. The van der Waals surface area contributed by atoms with Gasteiger partial charge in [-0.25, -0.2) is 9.97 Å². The van der Waals surface area contributed by atoms with Crippen LogP contribution in [0.3, 0.4) is 0 Å². The Morgan fingerprint density at radius 1 is 1.00 bits per heavy atom. The number of rotatable bonds is 6. The molecule has 0 radical (unpaired) electrons. The zero-order valence-corrected chi connectivity index (χ0v) is 14.5. The SMILES string of the molecule is COc1cccc(CNc2nc(C3CC3)nc3ccccc23)c1OC. The number of fused-ring (bicyclic) bond motifs is 1. The predicted octanol–water partition coefficient (Wildman–Crippen LogP) is 4.14. The van der Waals surface area contributed by atoms with Crippen molar-refractivity contribution in [3.63, 3.8) is 0 Å². The lowest BCUT2D eigenvalue weighted by atomic mass is 10.1. The molecular formula is C20H21N3O2. The molecule has 1 fully saturated rings. The van der Waals surface area contributed by atoms with Crippen LogP contribution in [0.4, 0.5) is 5.82 Å². The number of nitrogens with zero attached hydrogens (tertiary/aromatic N) is 2. The number of methoxy groups -OCH3 is 2. The molecule has 0 amide bonds. The van der Waals surface area contributed by atoms with Crippen molar-refractivity contribution in [3.8, 4) is 11.5 Å². The highest BCUT2D eigenvalue weighted by Crippen LogP contribution is 2.39. The summed E-state index contributed by atoms with van der Waals surface area (Å²) >= 11 is 0. The Morgan fingerprint density at radius 3 is 2.60 bits per heavy atom. The molecule has 0 spiro atoms. The number of benzene rings is 2. The van der Waals surface area contributed by atoms with Crippen molar-refractivity contribution in [1.82, 2.24) is 9.97 Å². The van der Waals surface area contributed by atoms with E-state index in [1.165, 1.54) is 12.8 Å². The quantitative estimate of drug-likeness (QED) is 0.734. The summed E-state index contributed by atoms with van der Waals surface area (Å²) in [6.45, 7) is 0.603. The minimum absolute atomic E-state index is 0.511. The van der Waals surface area contributed by atoms with E-state index in [9.17, 15) is 0 Å². The van der Waals surface area contributed by atoms with Crippen molar-refractivity contribution in [2.75, 3.05) is 19.5 Å². The van der Waals surface area contributed by atoms with Crippen molar-refractivity contribution in [2.24, 2.45) is 0 Å². The second-order valence-electron chi connectivity index (χ2n) is 6.23. The van der Waals surface area contributed by atoms with Gasteiger partial charge in [0.2, 0.25) is 0 Å².